The van der Waals surface area contributed by atoms with E-state index < -0.39 is 0 Å². The van der Waals surface area contributed by atoms with Gasteiger partial charge in [0.05, 0.1) is 19.2 Å². The fourth-order valence-corrected chi connectivity index (χ4v) is 3.50. The van der Waals surface area contributed by atoms with Gasteiger partial charge in [0.1, 0.15) is 5.75 Å². The molecule has 0 radical (unpaired) electrons. The molecule has 1 aromatic carbocycles. The number of hydrogen-bond donors (Lipinski definition) is 1. The van der Waals surface area contributed by atoms with E-state index >= 15 is 0 Å². The van der Waals surface area contributed by atoms with Gasteiger partial charge in [-0.1, -0.05) is 13.0 Å². The van der Waals surface area contributed by atoms with Gasteiger partial charge >= 0.3 is 0 Å². The topological polar surface area (TPSA) is 34.4 Å². The van der Waals surface area contributed by atoms with Crippen molar-refractivity contribution in [3.8, 4) is 5.75 Å². The quantitative estimate of drug-likeness (QED) is 0.919. The van der Waals surface area contributed by atoms with Crippen molar-refractivity contribution in [1.29, 1.82) is 0 Å². The predicted molar refractivity (Wildman–Crippen MR) is 76.9 cm³/mol. The first-order valence-corrected chi connectivity index (χ1v) is 7.06. The molecule has 1 N–H and O–H groups in total. The third-order valence-corrected chi connectivity index (χ3v) is 4.29. The van der Waals surface area contributed by atoms with Crippen LogP contribution >= 0.6 is 0 Å². The summed E-state index contributed by atoms with van der Waals surface area (Å²) in [6.07, 6.45) is 3.58. The van der Waals surface area contributed by atoms with Crippen LogP contribution in [0.2, 0.25) is 0 Å². The number of hydrogen-bond acceptors (Lipinski definition) is 2. The van der Waals surface area contributed by atoms with Gasteiger partial charge in [0, 0.05) is 17.6 Å². The fraction of sp³-hybridized carbons (Fsp3) is 0.500. The van der Waals surface area contributed by atoms with Gasteiger partial charge < -0.3 is 14.4 Å². The first-order valence-electron chi connectivity index (χ1n) is 7.06. The number of benzene rings is 1. The Balaban J connectivity index is 2.35. The van der Waals surface area contributed by atoms with E-state index in [1.165, 1.54) is 35.0 Å². The molecular weight excluding hydrogens is 238 g/mol. The first-order chi connectivity index (χ1) is 9.27. The van der Waals surface area contributed by atoms with Gasteiger partial charge in [-0.15, -0.1) is 0 Å². The Hall–Kier alpha value is -1.48. The summed E-state index contributed by atoms with van der Waals surface area (Å²) in [4.78, 5) is 0. The summed E-state index contributed by atoms with van der Waals surface area (Å²) < 4.78 is 7.84. The van der Waals surface area contributed by atoms with E-state index in [0.29, 0.717) is 12.5 Å². The molecule has 0 saturated heterocycles. The molecule has 2 aromatic rings. The second kappa shape index (κ2) is 4.89. The van der Waals surface area contributed by atoms with Crippen LogP contribution in [-0.2, 0) is 13.0 Å². The number of aliphatic hydroxyl groups is 1. The summed E-state index contributed by atoms with van der Waals surface area (Å²) in [7, 11) is 1.73. The zero-order chi connectivity index (χ0) is 13.4. The summed E-state index contributed by atoms with van der Waals surface area (Å²) in [5, 5.41) is 10.6. The molecule has 1 aliphatic carbocycles. The van der Waals surface area contributed by atoms with Crippen molar-refractivity contribution < 1.29 is 9.84 Å². The third-order valence-electron chi connectivity index (χ3n) is 4.29. The molecule has 1 atom stereocenters. The van der Waals surface area contributed by atoms with Gasteiger partial charge in [0.2, 0.25) is 0 Å². The number of aromatic nitrogens is 1. The van der Waals surface area contributed by atoms with Crippen molar-refractivity contribution >= 4 is 10.9 Å². The van der Waals surface area contributed by atoms with E-state index in [1.807, 2.05) is 12.1 Å². The van der Waals surface area contributed by atoms with Crippen LogP contribution in [-0.4, -0.2) is 23.4 Å². The maximum atomic E-state index is 9.34. The molecule has 1 aliphatic rings. The molecule has 102 valence electrons. The van der Waals surface area contributed by atoms with Crippen molar-refractivity contribution in [3.63, 3.8) is 0 Å². The summed E-state index contributed by atoms with van der Waals surface area (Å²) >= 11 is 0. The lowest BCUT2D eigenvalue weighted by Gasteiger charge is -2.21. The van der Waals surface area contributed by atoms with Crippen LogP contribution in [0.1, 0.15) is 36.9 Å². The van der Waals surface area contributed by atoms with Gasteiger partial charge in [-0.25, -0.2) is 0 Å². The number of fused-ring (bicyclic) bond motifs is 3. The lowest BCUT2D eigenvalue weighted by atomic mass is 9.86. The molecule has 3 heteroatoms. The lowest BCUT2D eigenvalue weighted by Crippen LogP contribution is -2.12. The Bertz CT molecular complexity index is 600. The Morgan fingerprint density at radius 1 is 1.42 bits per heavy atom. The van der Waals surface area contributed by atoms with E-state index in [-0.39, 0.29) is 6.61 Å². The molecule has 0 aliphatic heterocycles. The minimum absolute atomic E-state index is 0.182. The summed E-state index contributed by atoms with van der Waals surface area (Å²) in [5.41, 5.74) is 4.03. The molecule has 0 bridgehead atoms. The third kappa shape index (κ3) is 1.84. The molecule has 3 nitrogen and oxygen atoms in total. The second-order valence-corrected chi connectivity index (χ2v) is 5.38. The minimum Gasteiger partial charge on any atom is -0.496 e. The summed E-state index contributed by atoms with van der Waals surface area (Å²) in [6.45, 7) is 3.15. The monoisotopic (exact) mass is 259 g/mol. The van der Waals surface area contributed by atoms with Gasteiger partial charge in [-0.05, 0) is 42.9 Å². The van der Waals surface area contributed by atoms with E-state index in [2.05, 4.69) is 17.6 Å². The van der Waals surface area contributed by atoms with Crippen LogP contribution in [0.4, 0.5) is 0 Å². The van der Waals surface area contributed by atoms with Crippen LogP contribution in [0, 0.1) is 0 Å². The number of rotatable bonds is 3. The molecule has 3 rings (SSSR count). The zero-order valence-corrected chi connectivity index (χ0v) is 11.6. The van der Waals surface area contributed by atoms with E-state index in [9.17, 15) is 5.11 Å². The Morgan fingerprint density at radius 3 is 3.00 bits per heavy atom. The fourth-order valence-electron chi connectivity index (χ4n) is 3.50. The minimum atomic E-state index is 0.182. The Kier molecular flexibility index (Phi) is 3.23. The van der Waals surface area contributed by atoms with Crippen molar-refractivity contribution in [3.05, 3.63) is 29.5 Å². The van der Waals surface area contributed by atoms with Crippen molar-refractivity contribution in [1.82, 2.24) is 4.57 Å². The van der Waals surface area contributed by atoms with Crippen LogP contribution in [0.15, 0.2) is 18.2 Å². The number of methoxy groups -OCH3 is 1. The van der Waals surface area contributed by atoms with Gasteiger partial charge in [0.15, 0.2) is 0 Å². The van der Waals surface area contributed by atoms with E-state index in [1.54, 1.807) is 7.11 Å². The first kappa shape index (κ1) is 12.5. The highest BCUT2D eigenvalue weighted by molar-refractivity contribution is 5.92. The molecule has 1 unspecified atom stereocenters. The Labute approximate surface area is 113 Å². The predicted octanol–water partition coefficient (Wildman–Crippen LogP) is 3.08. The van der Waals surface area contributed by atoms with Crippen LogP contribution < -0.4 is 4.74 Å². The van der Waals surface area contributed by atoms with Crippen molar-refractivity contribution in [2.75, 3.05) is 13.7 Å². The smallest absolute Gasteiger partial charge is 0.128 e. The van der Waals surface area contributed by atoms with Crippen LogP contribution in [0.3, 0.4) is 0 Å². The molecule has 1 heterocycles. The van der Waals surface area contributed by atoms with Gasteiger partial charge in [0.25, 0.3) is 0 Å². The van der Waals surface area contributed by atoms with Crippen LogP contribution in [0.5, 0.6) is 5.75 Å². The summed E-state index contributed by atoms with van der Waals surface area (Å²) in [6, 6.07) is 6.21. The standard InChI is InChI=1S/C16H21NO2/c1-11-5-3-6-12-15(11)16-13(17(12)9-10-18)7-4-8-14(16)19-2/h4,7-8,11,18H,3,5-6,9-10H2,1-2H3. The SMILES string of the molecule is COc1cccc2c1c1c(n2CCO)CCCC1C. The van der Waals surface area contributed by atoms with E-state index in [0.717, 1.165) is 12.2 Å². The highest BCUT2D eigenvalue weighted by Gasteiger charge is 2.26. The normalized spacial score (nSPS) is 18.6. The molecule has 19 heavy (non-hydrogen) atoms. The summed E-state index contributed by atoms with van der Waals surface area (Å²) in [5.74, 6) is 1.53. The van der Waals surface area contributed by atoms with Crippen LogP contribution in [0.25, 0.3) is 10.9 Å². The highest BCUT2D eigenvalue weighted by atomic mass is 16.5. The Morgan fingerprint density at radius 2 is 2.26 bits per heavy atom. The van der Waals surface area contributed by atoms with Crippen molar-refractivity contribution in [2.24, 2.45) is 0 Å². The van der Waals surface area contributed by atoms with Gasteiger partial charge in [-0.3, -0.25) is 0 Å². The average molecular weight is 259 g/mol. The molecule has 0 amide bonds. The van der Waals surface area contributed by atoms with Gasteiger partial charge in [-0.2, -0.15) is 0 Å². The zero-order valence-electron chi connectivity index (χ0n) is 11.6. The molecule has 0 spiro atoms. The number of ether oxygens (including phenoxy) is 1. The number of aliphatic hydroxyl groups excluding tert-OH is 1. The molecule has 0 fully saturated rings. The van der Waals surface area contributed by atoms with Crippen molar-refractivity contribution in [2.45, 2.75) is 38.6 Å². The highest BCUT2D eigenvalue weighted by Crippen LogP contribution is 2.42. The largest absolute Gasteiger partial charge is 0.496 e. The maximum Gasteiger partial charge on any atom is 0.128 e. The number of nitrogens with zero attached hydrogens (tertiary/aromatic N) is 1. The van der Waals surface area contributed by atoms with E-state index in [4.69, 9.17) is 4.74 Å². The molecular formula is C16H21NO2. The average Bonchev–Trinajstić information content (AvgIpc) is 2.75. The maximum absolute atomic E-state index is 9.34. The lowest BCUT2D eigenvalue weighted by molar-refractivity contribution is 0.276. The second-order valence-electron chi connectivity index (χ2n) is 5.38. The molecule has 0 saturated carbocycles. The molecule has 1 aromatic heterocycles.